The first-order valence-electron chi connectivity index (χ1n) is 34.5. The molecule has 0 heterocycles. The van der Waals surface area contributed by atoms with E-state index in [4.69, 9.17) is 18.9 Å². The molecule has 1 atom stereocenters. The summed E-state index contributed by atoms with van der Waals surface area (Å²) >= 11 is 0. The minimum atomic E-state index is -0.744. The maximum Gasteiger partial charge on any atom is 0.312 e. The fourth-order valence-corrected chi connectivity index (χ4v) is 12.1. The quantitative estimate of drug-likeness (QED) is 0.0461. The normalized spacial score (nSPS) is 15.1. The fraction of sp³-hybridized carbons (Fsp3) is 0.518. The predicted octanol–water partition coefficient (Wildman–Crippen LogP) is 22.0. The first-order valence-corrected chi connectivity index (χ1v) is 34.5. The van der Waals surface area contributed by atoms with Crippen molar-refractivity contribution in [1.29, 1.82) is 0 Å². The lowest BCUT2D eigenvalue weighted by Gasteiger charge is -2.44. The number of hydrogen-bond donors (Lipinski definition) is 0. The molecule has 0 amide bonds. The van der Waals surface area contributed by atoms with Crippen LogP contribution in [0.5, 0.6) is 0 Å². The largest absolute Gasteiger partial charge is 0.454 e. The lowest BCUT2D eigenvalue weighted by atomic mass is 9.69. The summed E-state index contributed by atoms with van der Waals surface area (Å²) in [6.07, 6.45) is 17.2. The standard InChI is InChI=1S/C25H32O2.C21H26O2.C20H30O2.C17H26O2/c1-4-24(2,3)23(26)27-25(20-14-8-5-9-15-20,21-16-10-6-11-17-21)22-18-12-7-13-19-22;1-5-20(3,4)19(22)23-21(6-2,17-13-9-7-10-14-17)18-15-11-8-12-16-18;1-5-19(2,3)18(21)22-20(4,16-12-8-6-9-13-16)17-14-10-7-11-15-17;1-6-16(4,5)15(18)19-17(7-2,8-3)14-12-10-9-11-13-14/h5-6,8-11,14-17,22H,4,7,12-13,18-19H2,1-3H3;7-16H,5-6H2,1-4H3;6,8-9,12-13,17H,5,7,10-11,14-15H2,1-4H3;9-13H,6-8H2,1-5H3. The molecule has 494 valence electrons. The van der Waals surface area contributed by atoms with Crippen molar-refractivity contribution >= 4 is 23.9 Å². The molecule has 6 aromatic carbocycles. The van der Waals surface area contributed by atoms with Gasteiger partial charge in [-0.05, 0) is 144 Å². The van der Waals surface area contributed by atoms with E-state index in [0.717, 1.165) is 97.6 Å². The van der Waals surface area contributed by atoms with Crippen molar-refractivity contribution in [3.63, 3.8) is 0 Å². The zero-order valence-corrected chi connectivity index (χ0v) is 58.8. The third kappa shape index (κ3) is 18.9. The van der Waals surface area contributed by atoms with Gasteiger partial charge in [0.2, 0.25) is 0 Å². The van der Waals surface area contributed by atoms with E-state index < -0.39 is 44.1 Å². The van der Waals surface area contributed by atoms with Gasteiger partial charge in [0.1, 0.15) is 11.2 Å². The zero-order valence-electron chi connectivity index (χ0n) is 58.8. The van der Waals surface area contributed by atoms with Crippen molar-refractivity contribution in [2.24, 2.45) is 33.5 Å². The number of hydrogen-bond acceptors (Lipinski definition) is 8. The molecular formula is C83H114O8. The molecule has 2 fully saturated rings. The minimum absolute atomic E-state index is 0.0769. The average Bonchev–Trinajstić information content (AvgIpc) is 0.855. The van der Waals surface area contributed by atoms with Crippen molar-refractivity contribution in [2.45, 2.75) is 242 Å². The topological polar surface area (TPSA) is 105 Å². The lowest BCUT2D eigenvalue weighted by Crippen LogP contribution is -2.45. The second-order valence-electron chi connectivity index (χ2n) is 28.1. The smallest absolute Gasteiger partial charge is 0.312 e. The minimum Gasteiger partial charge on any atom is -0.454 e. The summed E-state index contributed by atoms with van der Waals surface area (Å²) in [6.45, 7) is 32.1. The van der Waals surface area contributed by atoms with E-state index in [1.54, 1.807) is 0 Å². The first kappa shape index (κ1) is 74.9. The second kappa shape index (κ2) is 34.2. The molecule has 1 unspecified atom stereocenters. The summed E-state index contributed by atoms with van der Waals surface area (Å²) in [5.41, 5.74) is 2.09. The van der Waals surface area contributed by atoms with Crippen LogP contribution in [0.2, 0.25) is 0 Å². The summed E-state index contributed by atoms with van der Waals surface area (Å²) in [5.74, 6) is 0.264. The molecule has 6 aromatic rings. The Hall–Kier alpha value is -6.80. The van der Waals surface area contributed by atoms with E-state index in [1.165, 1.54) is 38.5 Å². The molecule has 0 spiro atoms. The number of esters is 4. The van der Waals surface area contributed by atoms with Crippen molar-refractivity contribution in [3.8, 4) is 0 Å². The summed E-state index contributed by atoms with van der Waals surface area (Å²) in [4.78, 5) is 51.2. The van der Waals surface area contributed by atoms with Crippen LogP contribution in [0.4, 0.5) is 0 Å². The van der Waals surface area contributed by atoms with Gasteiger partial charge in [-0.25, -0.2) is 0 Å². The molecule has 8 rings (SSSR count). The molecule has 0 bridgehead atoms. The van der Waals surface area contributed by atoms with Gasteiger partial charge in [-0.1, -0.05) is 269 Å². The highest BCUT2D eigenvalue weighted by molar-refractivity contribution is 5.78. The van der Waals surface area contributed by atoms with E-state index in [2.05, 4.69) is 95.3 Å². The van der Waals surface area contributed by atoms with Gasteiger partial charge in [0.25, 0.3) is 0 Å². The lowest BCUT2D eigenvalue weighted by molar-refractivity contribution is -0.178. The number of carbonyl (C=O) groups is 4. The van der Waals surface area contributed by atoms with Gasteiger partial charge in [-0.15, -0.1) is 0 Å². The molecule has 0 saturated heterocycles. The third-order valence-corrected chi connectivity index (χ3v) is 20.6. The maximum atomic E-state index is 13.3. The Morgan fingerprint density at radius 2 is 0.571 bits per heavy atom. The molecule has 2 saturated carbocycles. The number of carbonyl (C=O) groups excluding carboxylic acids is 4. The van der Waals surface area contributed by atoms with Crippen LogP contribution >= 0.6 is 0 Å². The van der Waals surface area contributed by atoms with Crippen LogP contribution in [-0.2, 0) is 60.5 Å². The Bertz CT molecular complexity index is 3000. The molecule has 0 radical (unpaired) electrons. The van der Waals surface area contributed by atoms with Gasteiger partial charge in [0, 0.05) is 34.1 Å². The third-order valence-electron chi connectivity index (χ3n) is 20.6. The van der Waals surface area contributed by atoms with E-state index in [-0.39, 0.29) is 23.9 Å². The van der Waals surface area contributed by atoms with Gasteiger partial charge in [-0.3, -0.25) is 19.2 Å². The summed E-state index contributed by atoms with van der Waals surface area (Å²) < 4.78 is 24.9. The van der Waals surface area contributed by atoms with E-state index in [1.807, 2.05) is 197 Å². The number of ether oxygens (including phenoxy) is 4. The molecule has 0 aromatic heterocycles. The fourth-order valence-electron chi connectivity index (χ4n) is 12.1. The van der Waals surface area contributed by atoms with Gasteiger partial charge in [0.05, 0.1) is 21.7 Å². The molecular weight excluding hydrogens is 1120 g/mol. The highest BCUT2D eigenvalue weighted by Crippen LogP contribution is 2.49. The van der Waals surface area contributed by atoms with Crippen molar-refractivity contribution < 1.29 is 38.1 Å². The Balaban J connectivity index is 0.000000222. The van der Waals surface area contributed by atoms with Crippen molar-refractivity contribution in [1.82, 2.24) is 0 Å². The molecule has 91 heavy (non-hydrogen) atoms. The first-order chi connectivity index (χ1) is 43.3. The van der Waals surface area contributed by atoms with Crippen LogP contribution in [-0.4, -0.2) is 23.9 Å². The van der Waals surface area contributed by atoms with Crippen molar-refractivity contribution in [3.05, 3.63) is 215 Å². The molecule has 0 N–H and O–H groups in total. The molecule has 8 heteroatoms. The Morgan fingerprint density at radius 1 is 0.297 bits per heavy atom. The monoisotopic (exact) mass is 1240 g/mol. The molecule has 0 aliphatic heterocycles. The molecule has 2 aliphatic rings. The Morgan fingerprint density at radius 3 is 0.890 bits per heavy atom. The van der Waals surface area contributed by atoms with Crippen LogP contribution in [0.1, 0.15) is 253 Å². The van der Waals surface area contributed by atoms with Crippen LogP contribution in [0.15, 0.2) is 182 Å². The van der Waals surface area contributed by atoms with Gasteiger partial charge in [-0.2, -0.15) is 0 Å². The highest BCUT2D eigenvalue weighted by atomic mass is 16.6. The SMILES string of the molecule is CCC(C)(C)C(=O)OC(C)(c1ccccc1)C1CCCCC1.CCC(C)(C)C(=O)OC(CC)(CC)c1ccccc1.CCC(C)(C)C(=O)OC(CC)(c1ccccc1)c1ccccc1.CCC(C)(C)C(=O)OC(c1ccccc1)(c1ccccc1)C1CCCCC1. The van der Waals surface area contributed by atoms with Crippen molar-refractivity contribution in [2.75, 3.05) is 0 Å². The van der Waals surface area contributed by atoms with E-state index >= 15 is 0 Å². The Kier molecular flexibility index (Phi) is 28.2. The number of rotatable bonds is 23. The van der Waals surface area contributed by atoms with Gasteiger partial charge >= 0.3 is 23.9 Å². The second-order valence-corrected chi connectivity index (χ2v) is 28.1. The Labute approximate surface area is 550 Å². The zero-order chi connectivity index (χ0) is 67.0. The molecule has 8 nitrogen and oxygen atoms in total. The molecule has 2 aliphatic carbocycles. The van der Waals surface area contributed by atoms with E-state index in [9.17, 15) is 19.2 Å². The summed E-state index contributed by atoms with van der Waals surface area (Å²) in [5, 5.41) is 0. The summed E-state index contributed by atoms with van der Waals surface area (Å²) in [6, 6.07) is 61.1. The number of benzene rings is 6. The van der Waals surface area contributed by atoms with Crippen LogP contribution in [0.25, 0.3) is 0 Å². The van der Waals surface area contributed by atoms with Crippen LogP contribution in [0.3, 0.4) is 0 Å². The maximum absolute atomic E-state index is 13.3. The van der Waals surface area contributed by atoms with Crippen LogP contribution in [0, 0.1) is 33.5 Å². The predicted molar refractivity (Wildman–Crippen MR) is 374 cm³/mol. The van der Waals surface area contributed by atoms with E-state index in [0.29, 0.717) is 18.3 Å². The average molecular weight is 1240 g/mol. The highest BCUT2D eigenvalue weighted by Gasteiger charge is 2.49. The van der Waals surface area contributed by atoms with Gasteiger partial charge < -0.3 is 18.9 Å². The van der Waals surface area contributed by atoms with Crippen LogP contribution < -0.4 is 0 Å². The van der Waals surface area contributed by atoms with Gasteiger partial charge in [0.15, 0.2) is 11.2 Å². The summed E-state index contributed by atoms with van der Waals surface area (Å²) in [7, 11) is 0.